The first kappa shape index (κ1) is 14.4. The number of likely N-dealkylation sites (tertiary alicyclic amines) is 1. The van der Waals surface area contributed by atoms with Crippen LogP contribution in [-0.4, -0.2) is 40.5 Å². The Hall–Kier alpha value is -1.98. The molecule has 20 heavy (non-hydrogen) atoms. The van der Waals surface area contributed by atoms with E-state index in [0.717, 1.165) is 25.9 Å². The van der Waals surface area contributed by atoms with Crippen LogP contribution in [0.3, 0.4) is 0 Å². The van der Waals surface area contributed by atoms with Gasteiger partial charge in [0.15, 0.2) is 6.10 Å². The number of rotatable bonds is 4. The summed E-state index contributed by atoms with van der Waals surface area (Å²) in [4.78, 5) is 25.9. The predicted molar refractivity (Wildman–Crippen MR) is 75.2 cm³/mol. The molecule has 1 unspecified atom stereocenters. The Labute approximate surface area is 118 Å². The van der Waals surface area contributed by atoms with Crippen molar-refractivity contribution < 1.29 is 14.3 Å². The Bertz CT molecular complexity index is 504. The summed E-state index contributed by atoms with van der Waals surface area (Å²) in [6.07, 6.45) is 2.95. The van der Waals surface area contributed by atoms with Crippen LogP contribution in [0.15, 0.2) is 12.3 Å². The van der Waals surface area contributed by atoms with Crippen LogP contribution in [0.25, 0.3) is 0 Å². The number of nitrogens with two attached hydrogens (primary N) is 1. The first-order valence-corrected chi connectivity index (χ1v) is 6.98. The summed E-state index contributed by atoms with van der Waals surface area (Å²) >= 11 is 0. The van der Waals surface area contributed by atoms with Gasteiger partial charge in [-0.3, -0.25) is 4.79 Å². The Kier molecular flexibility index (Phi) is 4.32. The van der Waals surface area contributed by atoms with Crippen molar-refractivity contribution in [2.45, 2.75) is 39.3 Å². The molecule has 1 aromatic heterocycles. The molecule has 1 amide bonds. The second-order valence-electron chi connectivity index (χ2n) is 5.02. The van der Waals surface area contributed by atoms with Gasteiger partial charge in [0.2, 0.25) is 0 Å². The van der Waals surface area contributed by atoms with E-state index in [1.807, 2.05) is 6.92 Å². The molecule has 2 rings (SSSR count). The molecule has 1 fully saturated rings. The van der Waals surface area contributed by atoms with Gasteiger partial charge in [-0.15, -0.1) is 0 Å². The zero-order chi connectivity index (χ0) is 14.7. The van der Waals surface area contributed by atoms with Gasteiger partial charge in [-0.1, -0.05) is 0 Å². The van der Waals surface area contributed by atoms with Crippen molar-refractivity contribution >= 4 is 17.6 Å². The number of carbonyl (C=O) groups excluding carboxylic acids is 2. The summed E-state index contributed by atoms with van der Waals surface area (Å²) in [7, 11) is 0. The molecular weight excluding hydrogens is 258 g/mol. The number of nitrogens with zero attached hydrogens (tertiary/aromatic N) is 2. The Morgan fingerprint density at radius 1 is 1.40 bits per heavy atom. The largest absolute Gasteiger partial charge is 0.448 e. The minimum absolute atomic E-state index is 0.126. The van der Waals surface area contributed by atoms with Gasteiger partial charge < -0.3 is 19.9 Å². The van der Waals surface area contributed by atoms with Crippen LogP contribution in [0.1, 0.15) is 37.2 Å². The number of hydrogen-bond donors (Lipinski definition) is 1. The quantitative estimate of drug-likeness (QED) is 0.842. The fraction of sp³-hybridized carbons (Fsp3) is 0.571. The van der Waals surface area contributed by atoms with Gasteiger partial charge in [-0.05, 0) is 32.8 Å². The van der Waals surface area contributed by atoms with Gasteiger partial charge in [0.1, 0.15) is 5.69 Å². The number of aryl methyl sites for hydroxylation is 1. The molecule has 0 radical (unpaired) electrons. The molecule has 0 bridgehead atoms. The molecule has 2 N–H and O–H groups in total. The van der Waals surface area contributed by atoms with Crippen LogP contribution in [0, 0.1) is 0 Å². The highest BCUT2D eigenvalue weighted by Gasteiger charge is 2.27. The van der Waals surface area contributed by atoms with E-state index in [2.05, 4.69) is 0 Å². The highest BCUT2D eigenvalue weighted by atomic mass is 16.5. The van der Waals surface area contributed by atoms with Gasteiger partial charge in [-0.2, -0.15) is 0 Å². The number of amides is 1. The van der Waals surface area contributed by atoms with E-state index in [0.29, 0.717) is 17.9 Å². The van der Waals surface area contributed by atoms with Gasteiger partial charge in [0.25, 0.3) is 5.91 Å². The van der Waals surface area contributed by atoms with Crippen molar-refractivity contribution in [3.8, 4) is 0 Å². The lowest BCUT2D eigenvalue weighted by Crippen LogP contribution is -2.38. The highest BCUT2D eigenvalue weighted by Crippen LogP contribution is 2.15. The summed E-state index contributed by atoms with van der Waals surface area (Å²) in [5.74, 6) is -0.637. The second-order valence-corrected chi connectivity index (χ2v) is 5.02. The lowest BCUT2D eigenvalue weighted by Gasteiger charge is -2.20. The van der Waals surface area contributed by atoms with Crippen LogP contribution >= 0.6 is 0 Å². The number of anilines is 1. The topological polar surface area (TPSA) is 77.6 Å². The maximum atomic E-state index is 12.1. The number of esters is 1. The molecule has 0 saturated carbocycles. The maximum absolute atomic E-state index is 12.1. The molecule has 0 spiro atoms. The van der Waals surface area contributed by atoms with Crippen molar-refractivity contribution in [1.82, 2.24) is 9.47 Å². The van der Waals surface area contributed by atoms with Crippen molar-refractivity contribution in [3.63, 3.8) is 0 Å². The van der Waals surface area contributed by atoms with Gasteiger partial charge in [0, 0.05) is 25.8 Å². The van der Waals surface area contributed by atoms with Crippen molar-refractivity contribution in [1.29, 1.82) is 0 Å². The van der Waals surface area contributed by atoms with Crippen LogP contribution in [0.5, 0.6) is 0 Å². The van der Waals surface area contributed by atoms with Crippen molar-refractivity contribution in [2.75, 3.05) is 18.8 Å². The first-order chi connectivity index (χ1) is 9.52. The Morgan fingerprint density at radius 2 is 2.05 bits per heavy atom. The van der Waals surface area contributed by atoms with Crippen molar-refractivity contribution in [2.24, 2.45) is 0 Å². The number of hydrogen-bond acceptors (Lipinski definition) is 4. The molecule has 1 aliphatic rings. The Morgan fingerprint density at radius 3 is 2.65 bits per heavy atom. The molecule has 1 aliphatic heterocycles. The third-order valence-electron chi connectivity index (χ3n) is 3.52. The number of aromatic nitrogens is 1. The zero-order valence-corrected chi connectivity index (χ0v) is 12.0. The monoisotopic (exact) mass is 279 g/mol. The molecule has 6 nitrogen and oxygen atoms in total. The fourth-order valence-corrected chi connectivity index (χ4v) is 2.43. The molecule has 1 atom stereocenters. The molecule has 1 saturated heterocycles. The van der Waals surface area contributed by atoms with E-state index in [9.17, 15) is 9.59 Å². The summed E-state index contributed by atoms with van der Waals surface area (Å²) in [5.41, 5.74) is 6.57. The SMILES string of the molecule is CCn1cc(N)cc1C(=O)OC(C)C(=O)N1CCCC1. The van der Waals surface area contributed by atoms with E-state index in [4.69, 9.17) is 10.5 Å². The number of nitrogen functional groups attached to an aromatic ring is 1. The standard InChI is InChI=1S/C14H21N3O3/c1-3-16-9-11(15)8-12(16)14(19)20-10(2)13(18)17-6-4-5-7-17/h8-10H,3-7,15H2,1-2H3. The molecule has 2 heterocycles. The third-order valence-corrected chi connectivity index (χ3v) is 3.52. The predicted octanol–water partition coefficient (Wildman–Crippen LogP) is 1.26. The average molecular weight is 279 g/mol. The minimum Gasteiger partial charge on any atom is -0.448 e. The lowest BCUT2D eigenvalue weighted by molar-refractivity contribution is -0.138. The molecule has 0 aliphatic carbocycles. The molecule has 6 heteroatoms. The van der Waals surface area contributed by atoms with Crippen LogP contribution in [0.4, 0.5) is 5.69 Å². The van der Waals surface area contributed by atoms with Crippen LogP contribution in [-0.2, 0) is 16.1 Å². The molecule has 1 aromatic rings. The number of carbonyl (C=O) groups is 2. The van der Waals surface area contributed by atoms with E-state index in [1.165, 1.54) is 0 Å². The molecular formula is C14H21N3O3. The van der Waals surface area contributed by atoms with E-state index in [-0.39, 0.29) is 5.91 Å². The van der Waals surface area contributed by atoms with Gasteiger partial charge >= 0.3 is 5.97 Å². The second kappa shape index (κ2) is 5.98. The van der Waals surface area contributed by atoms with E-state index < -0.39 is 12.1 Å². The van der Waals surface area contributed by atoms with E-state index >= 15 is 0 Å². The van der Waals surface area contributed by atoms with Gasteiger partial charge in [-0.25, -0.2) is 4.79 Å². The zero-order valence-electron chi connectivity index (χ0n) is 12.0. The van der Waals surface area contributed by atoms with Crippen LogP contribution < -0.4 is 5.73 Å². The average Bonchev–Trinajstić information content (AvgIpc) is 3.06. The van der Waals surface area contributed by atoms with Gasteiger partial charge in [0.05, 0.1) is 5.69 Å². The normalized spacial score (nSPS) is 16.2. The molecule has 0 aromatic carbocycles. The summed E-state index contributed by atoms with van der Waals surface area (Å²) in [5, 5.41) is 0. The summed E-state index contributed by atoms with van der Waals surface area (Å²) in [6.45, 7) is 5.64. The first-order valence-electron chi connectivity index (χ1n) is 6.98. The van der Waals surface area contributed by atoms with Crippen LogP contribution in [0.2, 0.25) is 0 Å². The minimum atomic E-state index is -0.762. The van der Waals surface area contributed by atoms with Crippen molar-refractivity contribution in [3.05, 3.63) is 18.0 Å². The highest BCUT2D eigenvalue weighted by molar-refractivity contribution is 5.92. The molecule has 110 valence electrons. The lowest BCUT2D eigenvalue weighted by atomic mass is 10.3. The van der Waals surface area contributed by atoms with E-state index in [1.54, 1.807) is 28.7 Å². The summed E-state index contributed by atoms with van der Waals surface area (Å²) < 4.78 is 6.97. The number of ether oxygens (including phenoxy) is 1. The Balaban J connectivity index is 2.01. The smallest absolute Gasteiger partial charge is 0.355 e. The maximum Gasteiger partial charge on any atom is 0.355 e. The third kappa shape index (κ3) is 2.95. The summed E-state index contributed by atoms with van der Waals surface area (Å²) in [6, 6.07) is 1.57. The fourth-order valence-electron chi connectivity index (χ4n) is 2.43.